The van der Waals surface area contributed by atoms with E-state index in [4.69, 9.17) is 10.5 Å². The van der Waals surface area contributed by atoms with E-state index in [1.165, 1.54) is 18.3 Å². The first-order valence-electron chi connectivity index (χ1n) is 14.5. The minimum Gasteiger partial charge on any atom is -0.421 e. The van der Waals surface area contributed by atoms with Crippen LogP contribution in [0.25, 0.3) is 33.3 Å². The number of amides is 1. The Labute approximate surface area is 264 Å². The topological polar surface area (TPSA) is 111 Å². The van der Waals surface area contributed by atoms with E-state index < -0.39 is 17.6 Å². The summed E-state index contributed by atoms with van der Waals surface area (Å²) in [5.74, 6) is 4.34. The number of pyridine rings is 1. The molecule has 0 saturated heterocycles. The third-order valence-corrected chi connectivity index (χ3v) is 8.11. The molecule has 0 radical (unpaired) electrons. The second-order valence-electron chi connectivity index (χ2n) is 11.4. The summed E-state index contributed by atoms with van der Waals surface area (Å²) >= 11 is 0. The van der Waals surface area contributed by atoms with E-state index >= 15 is 4.39 Å². The summed E-state index contributed by atoms with van der Waals surface area (Å²) in [7, 11) is 5.91. The number of aromatic nitrogens is 4. The maximum absolute atomic E-state index is 15.7. The standard InChI is InChI=1S/C35H31F2N7O2/c1-20-13-17-39-34(41-20)46-27-11-8-23(18-26(27)37)28-29-31(24(19-40-32(29)38)12-14-35(15-16-35)43(3)4)44(5)30(28)22-6-9-25(10-7-22)42-33(45)21(2)36/h6-11,13,17-19H,2,15-16H2,1,3-5H3,(H2,38,40)(H,42,45). The molecule has 1 fully saturated rings. The second-order valence-corrected chi connectivity index (χ2v) is 11.4. The summed E-state index contributed by atoms with van der Waals surface area (Å²) in [4.78, 5) is 26.7. The molecule has 1 aliphatic carbocycles. The van der Waals surface area contributed by atoms with Crippen molar-refractivity contribution in [3.8, 4) is 46.0 Å². The zero-order valence-corrected chi connectivity index (χ0v) is 25.8. The molecule has 1 saturated carbocycles. The zero-order chi connectivity index (χ0) is 32.7. The number of nitrogens with two attached hydrogens (primary N) is 1. The van der Waals surface area contributed by atoms with E-state index in [-0.39, 0.29) is 23.1 Å². The molecular formula is C35H31F2N7O2. The maximum atomic E-state index is 15.7. The normalized spacial score (nSPS) is 13.3. The highest BCUT2D eigenvalue weighted by Gasteiger charge is 2.43. The molecule has 6 rings (SSSR count). The molecule has 3 heterocycles. The van der Waals surface area contributed by atoms with Gasteiger partial charge in [-0.3, -0.25) is 9.69 Å². The third kappa shape index (κ3) is 5.66. The zero-order valence-electron chi connectivity index (χ0n) is 25.8. The summed E-state index contributed by atoms with van der Waals surface area (Å²) in [6.07, 6.45) is 5.15. The Balaban J connectivity index is 1.53. The lowest BCUT2D eigenvalue weighted by molar-refractivity contribution is -0.114. The van der Waals surface area contributed by atoms with Crippen molar-refractivity contribution in [2.24, 2.45) is 7.05 Å². The summed E-state index contributed by atoms with van der Waals surface area (Å²) in [6.45, 7) is 4.83. The highest BCUT2D eigenvalue weighted by molar-refractivity contribution is 6.11. The van der Waals surface area contributed by atoms with Gasteiger partial charge in [0.25, 0.3) is 5.91 Å². The van der Waals surface area contributed by atoms with Crippen LogP contribution >= 0.6 is 0 Å². The lowest BCUT2D eigenvalue weighted by Crippen LogP contribution is -2.28. The second kappa shape index (κ2) is 11.7. The van der Waals surface area contributed by atoms with Gasteiger partial charge in [0, 0.05) is 36.4 Å². The molecule has 9 nitrogen and oxygen atoms in total. The first kappa shape index (κ1) is 30.4. The Morgan fingerprint density at radius 2 is 1.85 bits per heavy atom. The maximum Gasteiger partial charge on any atom is 0.322 e. The molecule has 11 heteroatoms. The van der Waals surface area contributed by atoms with Crippen molar-refractivity contribution in [3.63, 3.8) is 0 Å². The fourth-order valence-corrected chi connectivity index (χ4v) is 5.43. The number of fused-ring (bicyclic) bond motifs is 1. The van der Waals surface area contributed by atoms with Crippen LogP contribution in [0.3, 0.4) is 0 Å². The van der Waals surface area contributed by atoms with Crippen LogP contribution in [0.2, 0.25) is 0 Å². The summed E-state index contributed by atoms with van der Waals surface area (Å²) in [5.41, 5.74) is 11.4. The summed E-state index contributed by atoms with van der Waals surface area (Å²) < 4.78 is 36.6. The van der Waals surface area contributed by atoms with Crippen molar-refractivity contribution in [2.45, 2.75) is 25.3 Å². The largest absolute Gasteiger partial charge is 0.421 e. The average molecular weight is 620 g/mol. The predicted octanol–water partition coefficient (Wildman–Crippen LogP) is 6.39. The first-order chi connectivity index (χ1) is 22.0. The molecule has 0 spiro atoms. The van der Waals surface area contributed by atoms with Crippen LogP contribution in [-0.4, -0.2) is 50.0 Å². The van der Waals surface area contributed by atoms with Gasteiger partial charge in [-0.25, -0.2) is 23.7 Å². The van der Waals surface area contributed by atoms with Gasteiger partial charge in [0.05, 0.1) is 27.7 Å². The third-order valence-electron chi connectivity index (χ3n) is 8.11. The van der Waals surface area contributed by atoms with Crippen LogP contribution in [0.1, 0.15) is 24.1 Å². The number of carbonyl (C=O) groups is 1. The fraction of sp³-hybridized carbons (Fsp3) is 0.200. The molecule has 232 valence electrons. The average Bonchev–Trinajstić information content (AvgIpc) is 3.76. The number of anilines is 2. The van der Waals surface area contributed by atoms with Gasteiger partial charge < -0.3 is 20.4 Å². The van der Waals surface area contributed by atoms with Crippen molar-refractivity contribution >= 4 is 28.3 Å². The number of nitrogen functional groups attached to an aromatic ring is 1. The number of rotatable bonds is 7. The van der Waals surface area contributed by atoms with Gasteiger partial charge in [-0.05, 0) is 75.3 Å². The molecule has 3 N–H and O–H groups in total. The number of halogens is 2. The number of nitrogens with zero attached hydrogens (tertiary/aromatic N) is 5. The number of aryl methyl sites for hydroxylation is 2. The molecule has 1 amide bonds. The van der Waals surface area contributed by atoms with Gasteiger partial charge in [0.1, 0.15) is 5.82 Å². The molecule has 5 aromatic rings. The van der Waals surface area contributed by atoms with Gasteiger partial charge in [0.2, 0.25) is 0 Å². The monoisotopic (exact) mass is 619 g/mol. The summed E-state index contributed by atoms with van der Waals surface area (Å²) in [5, 5.41) is 3.07. The molecule has 0 atom stereocenters. The van der Waals surface area contributed by atoms with Crippen molar-refractivity contribution in [3.05, 3.63) is 90.4 Å². The number of carbonyl (C=O) groups excluding carboxylic acids is 1. The van der Waals surface area contributed by atoms with Crippen LogP contribution in [0.4, 0.5) is 20.3 Å². The van der Waals surface area contributed by atoms with E-state index in [0.717, 1.165) is 23.9 Å². The molecule has 3 aromatic heterocycles. The Bertz CT molecular complexity index is 2090. The highest BCUT2D eigenvalue weighted by atomic mass is 19.1. The number of hydrogen-bond donors (Lipinski definition) is 2. The molecule has 0 aliphatic heterocycles. The van der Waals surface area contributed by atoms with Crippen molar-refractivity contribution in [1.29, 1.82) is 0 Å². The van der Waals surface area contributed by atoms with E-state index in [1.54, 1.807) is 49.5 Å². The molecule has 1 aliphatic rings. The van der Waals surface area contributed by atoms with E-state index in [1.807, 2.05) is 25.7 Å². The number of nitrogens with one attached hydrogen (secondary N) is 1. The molecule has 0 unspecified atom stereocenters. The Morgan fingerprint density at radius 3 is 2.48 bits per heavy atom. The molecule has 0 bridgehead atoms. The number of benzene rings is 2. The van der Waals surface area contributed by atoms with Gasteiger partial charge >= 0.3 is 6.01 Å². The van der Waals surface area contributed by atoms with Crippen LogP contribution in [0, 0.1) is 24.6 Å². The van der Waals surface area contributed by atoms with Crippen molar-refractivity contribution < 1.29 is 18.3 Å². The van der Waals surface area contributed by atoms with Crippen LogP contribution < -0.4 is 15.8 Å². The Kier molecular flexibility index (Phi) is 7.75. The van der Waals surface area contributed by atoms with Gasteiger partial charge in [0.15, 0.2) is 17.4 Å². The highest BCUT2D eigenvalue weighted by Crippen LogP contribution is 2.45. The predicted molar refractivity (Wildman–Crippen MR) is 174 cm³/mol. The molecule has 46 heavy (non-hydrogen) atoms. The number of ether oxygens (including phenoxy) is 1. The number of hydrogen-bond acceptors (Lipinski definition) is 7. The molecular weight excluding hydrogens is 588 g/mol. The minimum absolute atomic E-state index is 0.0313. The van der Waals surface area contributed by atoms with Gasteiger partial charge in [-0.2, -0.15) is 0 Å². The van der Waals surface area contributed by atoms with Gasteiger partial charge in [-0.15, -0.1) is 0 Å². The van der Waals surface area contributed by atoms with Gasteiger partial charge in [-0.1, -0.05) is 36.6 Å². The Morgan fingerprint density at radius 1 is 1.13 bits per heavy atom. The Hall–Kier alpha value is -5.60. The van der Waals surface area contributed by atoms with Crippen LogP contribution in [-0.2, 0) is 11.8 Å². The lowest BCUT2D eigenvalue weighted by atomic mass is 9.97. The van der Waals surface area contributed by atoms with E-state index in [0.29, 0.717) is 39.2 Å². The SMILES string of the molecule is C=C(F)C(=O)Nc1ccc(-c2c(-c3ccc(Oc4nccc(C)n4)c(F)c3)c3c(N)ncc(C#CC4(N(C)C)CC4)c3n2C)cc1. The van der Waals surface area contributed by atoms with Crippen molar-refractivity contribution in [1.82, 2.24) is 24.4 Å². The van der Waals surface area contributed by atoms with E-state index in [9.17, 15) is 9.18 Å². The van der Waals surface area contributed by atoms with Crippen LogP contribution in [0.15, 0.2) is 73.3 Å². The quantitative estimate of drug-likeness (QED) is 0.161. The molecule has 2 aromatic carbocycles. The van der Waals surface area contributed by atoms with Crippen molar-refractivity contribution in [2.75, 3.05) is 25.1 Å². The smallest absolute Gasteiger partial charge is 0.322 e. The summed E-state index contributed by atoms with van der Waals surface area (Å²) in [6, 6.07) is 13.2. The minimum atomic E-state index is -1.10. The van der Waals surface area contributed by atoms with Crippen LogP contribution in [0.5, 0.6) is 11.8 Å². The van der Waals surface area contributed by atoms with E-state index in [2.05, 4.69) is 43.6 Å². The first-order valence-corrected chi connectivity index (χ1v) is 14.5. The lowest BCUT2D eigenvalue weighted by Gasteiger charge is -2.16. The fourth-order valence-electron chi connectivity index (χ4n) is 5.43.